The van der Waals surface area contributed by atoms with Gasteiger partial charge in [-0.05, 0) is 71.8 Å². The molecular weight excluding hydrogens is 523 g/mol. The van der Waals surface area contributed by atoms with Crippen molar-refractivity contribution in [3.63, 3.8) is 0 Å². The molecule has 1 N–H and O–H groups in total. The van der Waals surface area contributed by atoms with Crippen LogP contribution < -0.4 is 4.72 Å². The summed E-state index contributed by atoms with van der Waals surface area (Å²) < 4.78 is 52.6. The molecule has 1 aromatic heterocycles. The molecule has 0 radical (unpaired) electrons. The van der Waals surface area contributed by atoms with Gasteiger partial charge in [0.2, 0.25) is 15.9 Å². The summed E-state index contributed by atoms with van der Waals surface area (Å²) in [6, 6.07) is 14.6. The van der Waals surface area contributed by atoms with E-state index in [1.807, 2.05) is 37.3 Å². The zero-order chi connectivity index (χ0) is 24.3. The van der Waals surface area contributed by atoms with E-state index >= 15 is 0 Å². The first-order valence-corrected chi connectivity index (χ1v) is 13.8. The van der Waals surface area contributed by atoms with Crippen molar-refractivity contribution in [1.82, 2.24) is 9.71 Å². The van der Waals surface area contributed by atoms with Gasteiger partial charge in [0.1, 0.15) is 23.9 Å². The smallest absolute Gasteiger partial charge is 0.208 e. The number of ether oxygens (including phenoxy) is 1. The molecule has 34 heavy (non-hydrogen) atoms. The van der Waals surface area contributed by atoms with Crippen molar-refractivity contribution in [2.75, 3.05) is 6.26 Å². The molecule has 2 aromatic carbocycles. The van der Waals surface area contributed by atoms with Crippen molar-refractivity contribution in [3.05, 3.63) is 87.8 Å². The van der Waals surface area contributed by atoms with Crippen LogP contribution in [0, 0.1) is 5.82 Å². The van der Waals surface area contributed by atoms with Crippen LogP contribution in [0.5, 0.6) is 0 Å². The van der Waals surface area contributed by atoms with Crippen molar-refractivity contribution in [2.45, 2.75) is 56.8 Å². The Morgan fingerprint density at radius 2 is 2.03 bits per heavy atom. The molecule has 0 bridgehead atoms. The molecule has 1 heterocycles. The fourth-order valence-corrected chi connectivity index (χ4v) is 5.83. The van der Waals surface area contributed by atoms with Gasteiger partial charge in [-0.3, -0.25) is 0 Å². The van der Waals surface area contributed by atoms with Crippen LogP contribution in [0.3, 0.4) is 0 Å². The Bertz CT molecular complexity index is 1230. The Hall–Kier alpha value is -2.07. The van der Waals surface area contributed by atoms with Crippen LogP contribution in [0.25, 0.3) is 0 Å². The van der Waals surface area contributed by atoms with Gasteiger partial charge in [0, 0.05) is 6.04 Å². The Morgan fingerprint density at radius 3 is 2.74 bits per heavy atom. The van der Waals surface area contributed by atoms with E-state index in [9.17, 15) is 12.8 Å². The first kappa shape index (κ1) is 25.0. The number of halogens is 2. The summed E-state index contributed by atoms with van der Waals surface area (Å²) in [6.45, 7) is 2.39. The lowest BCUT2D eigenvalue weighted by Gasteiger charge is -2.26. The lowest BCUT2D eigenvalue weighted by Crippen LogP contribution is -2.35. The summed E-state index contributed by atoms with van der Waals surface area (Å²) in [7, 11) is -3.35. The van der Waals surface area contributed by atoms with E-state index in [-0.39, 0.29) is 18.0 Å². The lowest BCUT2D eigenvalue weighted by atomic mass is 9.79. The molecule has 6 nitrogen and oxygen atoms in total. The van der Waals surface area contributed by atoms with E-state index in [4.69, 9.17) is 14.1 Å². The maximum atomic E-state index is 13.8. The molecule has 0 aliphatic heterocycles. The second-order valence-electron chi connectivity index (χ2n) is 9.05. The molecule has 0 saturated heterocycles. The normalized spacial score (nSPS) is 21.6. The number of hydrogen-bond donors (Lipinski definition) is 1. The Balaban J connectivity index is 1.56. The van der Waals surface area contributed by atoms with Crippen molar-refractivity contribution < 1.29 is 22.0 Å². The quantitative estimate of drug-likeness (QED) is 0.383. The van der Waals surface area contributed by atoms with Gasteiger partial charge in [0.15, 0.2) is 0 Å². The van der Waals surface area contributed by atoms with Gasteiger partial charge in [0.25, 0.3) is 0 Å². The van der Waals surface area contributed by atoms with Crippen LogP contribution in [0.4, 0.5) is 4.39 Å². The maximum Gasteiger partial charge on any atom is 0.208 e. The monoisotopic (exact) mass is 550 g/mol. The number of hydrogen-bond acceptors (Lipinski definition) is 5. The van der Waals surface area contributed by atoms with Crippen molar-refractivity contribution in [3.8, 4) is 0 Å². The molecule has 1 aliphatic rings. The fourth-order valence-electron chi connectivity index (χ4n) is 4.60. The lowest BCUT2D eigenvalue weighted by molar-refractivity contribution is 0.0496. The number of rotatable bonds is 9. The van der Waals surface area contributed by atoms with E-state index in [2.05, 4.69) is 20.7 Å². The van der Waals surface area contributed by atoms with Crippen molar-refractivity contribution in [2.24, 2.45) is 0 Å². The average molecular weight is 551 g/mol. The minimum atomic E-state index is -3.35. The van der Waals surface area contributed by atoms with Gasteiger partial charge in [-0.1, -0.05) is 36.4 Å². The molecule has 4 rings (SSSR count). The topological polar surface area (TPSA) is 81.4 Å². The Labute approximate surface area is 208 Å². The SMILES string of the molecule is C[C@H](OCc1ccccc1)c1coc([C@@]2(Cc3ccc(F)c(Br)c3)CC[C@H](NS(C)(=O)=O)C2)n1. The molecule has 0 amide bonds. The molecule has 1 aliphatic carbocycles. The molecule has 3 aromatic rings. The minimum Gasteiger partial charge on any atom is -0.448 e. The van der Waals surface area contributed by atoms with Gasteiger partial charge in [0.05, 0.1) is 22.8 Å². The number of nitrogens with zero attached hydrogens (tertiary/aromatic N) is 1. The predicted octanol–water partition coefficient (Wildman–Crippen LogP) is 5.44. The molecule has 182 valence electrons. The zero-order valence-corrected chi connectivity index (χ0v) is 21.5. The van der Waals surface area contributed by atoms with E-state index in [0.717, 1.165) is 11.1 Å². The predicted molar refractivity (Wildman–Crippen MR) is 131 cm³/mol. The Morgan fingerprint density at radius 1 is 1.26 bits per heavy atom. The second-order valence-corrected chi connectivity index (χ2v) is 11.7. The summed E-state index contributed by atoms with van der Waals surface area (Å²) in [5.74, 6) is 0.222. The fraction of sp³-hybridized carbons (Fsp3) is 0.400. The van der Waals surface area contributed by atoms with E-state index < -0.39 is 15.4 Å². The first-order valence-electron chi connectivity index (χ1n) is 11.2. The van der Waals surface area contributed by atoms with Crippen LogP contribution in [-0.4, -0.2) is 25.7 Å². The summed E-state index contributed by atoms with van der Waals surface area (Å²) >= 11 is 3.26. The van der Waals surface area contributed by atoms with Crippen molar-refractivity contribution >= 4 is 26.0 Å². The van der Waals surface area contributed by atoms with Crippen LogP contribution >= 0.6 is 15.9 Å². The molecule has 9 heteroatoms. The number of benzene rings is 2. The number of oxazole rings is 1. The molecular formula is C25H28BrFN2O4S. The molecule has 0 spiro atoms. The zero-order valence-electron chi connectivity index (χ0n) is 19.1. The number of aromatic nitrogens is 1. The highest BCUT2D eigenvalue weighted by molar-refractivity contribution is 9.10. The highest BCUT2D eigenvalue weighted by Gasteiger charge is 2.45. The van der Waals surface area contributed by atoms with Gasteiger partial charge in [-0.25, -0.2) is 22.5 Å². The third-order valence-electron chi connectivity index (χ3n) is 6.25. The second kappa shape index (κ2) is 10.3. The first-order chi connectivity index (χ1) is 16.1. The molecule has 3 atom stereocenters. The van der Waals surface area contributed by atoms with Gasteiger partial charge in [-0.15, -0.1) is 0 Å². The van der Waals surface area contributed by atoms with E-state index in [1.54, 1.807) is 18.4 Å². The third kappa shape index (κ3) is 6.13. The summed E-state index contributed by atoms with van der Waals surface area (Å²) in [4.78, 5) is 4.79. The van der Waals surface area contributed by atoms with Crippen LogP contribution in [0.15, 0.2) is 63.7 Å². The van der Waals surface area contributed by atoms with Gasteiger partial charge in [-0.2, -0.15) is 0 Å². The Kier molecular flexibility index (Phi) is 7.57. The molecule has 1 fully saturated rings. The summed E-state index contributed by atoms with van der Waals surface area (Å²) in [6.07, 6.45) is 4.94. The van der Waals surface area contributed by atoms with Crippen LogP contribution in [0.2, 0.25) is 0 Å². The third-order valence-corrected chi connectivity index (χ3v) is 7.62. The van der Waals surface area contributed by atoms with E-state index in [0.29, 0.717) is 48.3 Å². The maximum absolute atomic E-state index is 13.8. The number of nitrogens with one attached hydrogen (secondary N) is 1. The van der Waals surface area contributed by atoms with Crippen LogP contribution in [0.1, 0.15) is 55.0 Å². The van der Waals surface area contributed by atoms with Crippen molar-refractivity contribution in [1.29, 1.82) is 0 Å². The standard InChI is InChI=1S/C25H28BrFN2O4S/c1-17(32-15-18-6-4-3-5-7-18)23-16-33-24(28-23)25(11-10-20(14-25)29-34(2,30)31)13-19-8-9-22(27)21(26)12-19/h3-9,12,16-17,20,29H,10-11,13-15H2,1-2H3/t17-,20-,25+/m0/s1. The van der Waals surface area contributed by atoms with Gasteiger partial charge >= 0.3 is 0 Å². The molecule has 0 unspecified atom stereocenters. The summed E-state index contributed by atoms with van der Waals surface area (Å²) in [5.41, 5.74) is 2.16. The largest absolute Gasteiger partial charge is 0.448 e. The number of sulfonamides is 1. The summed E-state index contributed by atoms with van der Waals surface area (Å²) in [5, 5.41) is 0. The average Bonchev–Trinajstić information content (AvgIpc) is 3.43. The van der Waals surface area contributed by atoms with E-state index in [1.165, 1.54) is 12.3 Å². The van der Waals surface area contributed by atoms with Crippen LogP contribution in [-0.2, 0) is 33.2 Å². The highest BCUT2D eigenvalue weighted by atomic mass is 79.9. The minimum absolute atomic E-state index is 0.221. The van der Waals surface area contributed by atoms with Gasteiger partial charge < -0.3 is 9.15 Å². The molecule has 1 saturated carbocycles. The highest BCUT2D eigenvalue weighted by Crippen LogP contribution is 2.44.